The van der Waals surface area contributed by atoms with Gasteiger partial charge in [-0.05, 0) is 18.9 Å². The molecule has 2 aromatic rings. The summed E-state index contributed by atoms with van der Waals surface area (Å²) < 4.78 is 0. The first-order chi connectivity index (χ1) is 7.72. The van der Waals surface area contributed by atoms with Crippen molar-refractivity contribution >= 4 is 11.3 Å². The molecule has 0 amide bonds. The summed E-state index contributed by atoms with van der Waals surface area (Å²) in [5.41, 5.74) is 9.47. The molecule has 0 aliphatic heterocycles. The molecular weight excluding hydrogens is 216 g/mol. The number of aromatic nitrogens is 1. The van der Waals surface area contributed by atoms with Crippen LogP contribution in [0.3, 0.4) is 0 Å². The molecule has 2 rings (SSSR count). The standard InChI is InChI=1S/C13H16N2S/c1-3-11(14)13-15-12(8-16-13)10-7-5-4-6-9(10)2/h4-8,11H,3,14H2,1-2H3. The van der Waals surface area contributed by atoms with Crippen LogP contribution in [0.1, 0.15) is 30.0 Å². The summed E-state index contributed by atoms with van der Waals surface area (Å²) in [6.07, 6.45) is 0.931. The third-order valence-corrected chi connectivity index (χ3v) is 3.68. The minimum Gasteiger partial charge on any atom is -0.322 e. The van der Waals surface area contributed by atoms with Crippen LogP contribution in [0.15, 0.2) is 29.6 Å². The Morgan fingerprint density at radius 2 is 2.12 bits per heavy atom. The number of nitrogens with zero attached hydrogens (tertiary/aromatic N) is 1. The van der Waals surface area contributed by atoms with Crippen molar-refractivity contribution in [3.8, 4) is 11.3 Å². The predicted octanol–water partition coefficient (Wildman–Crippen LogP) is 3.53. The van der Waals surface area contributed by atoms with Crippen LogP contribution in [-0.4, -0.2) is 4.98 Å². The first kappa shape index (κ1) is 11.3. The van der Waals surface area contributed by atoms with Gasteiger partial charge in [-0.25, -0.2) is 4.98 Å². The molecule has 3 heteroatoms. The zero-order chi connectivity index (χ0) is 11.5. The second-order valence-corrected chi connectivity index (χ2v) is 4.79. The zero-order valence-electron chi connectivity index (χ0n) is 9.60. The summed E-state index contributed by atoms with van der Waals surface area (Å²) >= 11 is 1.65. The van der Waals surface area contributed by atoms with E-state index in [1.54, 1.807) is 11.3 Å². The average Bonchev–Trinajstić information content (AvgIpc) is 2.78. The highest BCUT2D eigenvalue weighted by Gasteiger charge is 2.10. The van der Waals surface area contributed by atoms with E-state index in [1.807, 2.05) is 12.1 Å². The molecule has 1 atom stereocenters. The van der Waals surface area contributed by atoms with Gasteiger partial charge in [0.15, 0.2) is 0 Å². The van der Waals surface area contributed by atoms with Gasteiger partial charge in [0.2, 0.25) is 0 Å². The zero-order valence-corrected chi connectivity index (χ0v) is 10.4. The molecule has 0 aliphatic carbocycles. The lowest BCUT2D eigenvalue weighted by atomic mass is 10.1. The van der Waals surface area contributed by atoms with E-state index in [2.05, 4.69) is 36.3 Å². The van der Waals surface area contributed by atoms with Crippen molar-refractivity contribution in [2.45, 2.75) is 26.3 Å². The van der Waals surface area contributed by atoms with Crippen LogP contribution in [0.5, 0.6) is 0 Å². The monoisotopic (exact) mass is 232 g/mol. The van der Waals surface area contributed by atoms with Gasteiger partial charge in [-0.1, -0.05) is 31.2 Å². The molecule has 2 N–H and O–H groups in total. The summed E-state index contributed by atoms with van der Waals surface area (Å²) in [6, 6.07) is 8.37. The quantitative estimate of drug-likeness (QED) is 0.879. The fourth-order valence-corrected chi connectivity index (χ4v) is 2.52. The number of hydrogen-bond acceptors (Lipinski definition) is 3. The fraction of sp³-hybridized carbons (Fsp3) is 0.308. The van der Waals surface area contributed by atoms with Gasteiger partial charge in [0, 0.05) is 10.9 Å². The van der Waals surface area contributed by atoms with Gasteiger partial charge in [0.25, 0.3) is 0 Å². The van der Waals surface area contributed by atoms with Gasteiger partial charge in [0.1, 0.15) is 5.01 Å². The average molecular weight is 232 g/mol. The Balaban J connectivity index is 2.35. The van der Waals surface area contributed by atoms with Crippen LogP contribution in [-0.2, 0) is 0 Å². The number of hydrogen-bond donors (Lipinski definition) is 1. The molecule has 16 heavy (non-hydrogen) atoms. The van der Waals surface area contributed by atoms with E-state index in [1.165, 1.54) is 11.1 Å². The molecule has 0 aliphatic rings. The van der Waals surface area contributed by atoms with Crippen LogP contribution < -0.4 is 5.73 Å². The molecule has 0 saturated heterocycles. The van der Waals surface area contributed by atoms with E-state index in [0.29, 0.717) is 0 Å². The maximum absolute atomic E-state index is 5.97. The van der Waals surface area contributed by atoms with E-state index in [4.69, 9.17) is 5.73 Å². The number of thiazole rings is 1. The van der Waals surface area contributed by atoms with Gasteiger partial charge < -0.3 is 5.73 Å². The summed E-state index contributed by atoms with van der Waals surface area (Å²) in [6.45, 7) is 4.19. The van der Waals surface area contributed by atoms with E-state index < -0.39 is 0 Å². The maximum Gasteiger partial charge on any atom is 0.110 e. The van der Waals surface area contributed by atoms with Gasteiger partial charge in [-0.15, -0.1) is 11.3 Å². The van der Waals surface area contributed by atoms with Gasteiger partial charge in [-0.2, -0.15) is 0 Å². The Bertz CT molecular complexity index is 476. The van der Waals surface area contributed by atoms with E-state index >= 15 is 0 Å². The minimum atomic E-state index is 0.0720. The highest BCUT2D eigenvalue weighted by molar-refractivity contribution is 7.10. The smallest absolute Gasteiger partial charge is 0.110 e. The van der Waals surface area contributed by atoms with Crippen molar-refractivity contribution in [3.63, 3.8) is 0 Å². The predicted molar refractivity (Wildman–Crippen MR) is 69.5 cm³/mol. The molecule has 0 saturated carbocycles. The molecule has 0 spiro atoms. The summed E-state index contributed by atoms with van der Waals surface area (Å²) in [5, 5.41) is 3.12. The summed E-state index contributed by atoms with van der Waals surface area (Å²) in [4.78, 5) is 4.61. The van der Waals surface area contributed by atoms with Crippen LogP contribution in [0.4, 0.5) is 0 Å². The topological polar surface area (TPSA) is 38.9 Å². The molecule has 0 bridgehead atoms. The Kier molecular flexibility index (Phi) is 3.36. The number of benzene rings is 1. The molecule has 1 heterocycles. The molecule has 0 radical (unpaired) electrons. The van der Waals surface area contributed by atoms with Crippen molar-refractivity contribution in [2.75, 3.05) is 0 Å². The Morgan fingerprint density at radius 3 is 2.81 bits per heavy atom. The summed E-state index contributed by atoms with van der Waals surface area (Å²) in [5.74, 6) is 0. The lowest BCUT2D eigenvalue weighted by Crippen LogP contribution is -2.07. The second kappa shape index (κ2) is 4.76. The fourth-order valence-electron chi connectivity index (χ4n) is 1.62. The van der Waals surface area contributed by atoms with Gasteiger partial charge in [-0.3, -0.25) is 0 Å². The molecular formula is C13H16N2S. The van der Waals surface area contributed by atoms with Crippen LogP contribution in [0.2, 0.25) is 0 Å². The Labute approximate surface area is 100 Å². The lowest BCUT2D eigenvalue weighted by Gasteiger charge is -2.03. The molecule has 1 unspecified atom stereocenters. The van der Waals surface area contributed by atoms with Gasteiger partial charge in [0.05, 0.1) is 11.7 Å². The molecule has 1 aromatic carbocycles. The largest absolute Gasteiger partial charge is 0.322 e. The van der Waals surface area contributed by atoms with Crippen LogP contribution >= 0.6 is 11.3 Å². The minimum absolute atomic E-state index is 0.0720. The first-order valence-electron chi connectivity index (χ1n) is 5.49. The van der Waals surface area contributed by atoms with Crippen molar-refractivity contribution in [3.05, 3.63) is 40.2 Å². The van der Waals surface area contributed by atoms with Crippen LogP contribution in [0, 0.1) is 6.92 Å². The second-order valence-electron chi connectivity index (χ2n) is 3.90. The van der Waals surface area contributed by atoms with Crippen molar-refractivity contribution < 1.29 is 0 Å². The van der Waals surface area contributed by atoms with Crippen molar-refractivity contribution in [1.29, 1.82) is 0 Å². The van der Waals surface area contributed by atoms with E-state index in [9.17, 15) is 0 Å². The molecule has 84 valence electrons. The highest BCUT2D eigenvalue weighted by Crippen LogP contribution is 2.27. The number of aryl methyl sites for hydroxylation is 1. The van der Waals surface area contributed by atoms with E-state index in [-0.39, 0.29) is 6.04 Å². The lowest BCUT2D eigenvalue weighted by molar-refractivity contribution is 0.693. The SMILES string of the molecule is CCC(N)c1nc(-c2ccccc2C)cs1. The van der Waals surface area contributed by atoms with Crippen molar-refractivity contribution in [2.24, 2.45) is 5.73 Å². The maximum atomic E-state index is 5.97. The molecule has 1 aromatic heterocycles. The van der Waals surface area contributed by atoms with Gasteiger partial charge >= 0.3 is 0 Å². The Morgan fingerprint density at radius 1 is 1.38 bits per heavy atom. The molecule has 0 fully saturated rings. The normalized spacial score (nSPS) is 12.7. The Hall–Kier alpha value is -1.19. The van der Waals surface area contributed by atoms with Crippen LogP contribution in [0.25, 0.3) is 11.3 Å². The van der Waals surface area contributed by atoms with Crippen molar-refractivity contribution in [1.82, 2.24) is 4.98 Å². The third kappa shape index (κ3) is 2.15. The summed E-state index contributed by atoms with van der Waals surface area (Å²) in [7, 11) is 0. The third-order valence-electron chi connectivity index (χ3n) is 2.70. The molecule has 2 nitrogen and oxygen atoms in total. The van der Waals surface area contributed by atoms with E-state index in [0.717, 1.165) is 17.1 Å². The number of nitrogens with two attached hydrogens (primary N) is 1. The first-order valence-corrected chi connectivity index (χ1v) is 6.37. The highest BCUT2D eigenvalue weighted by atomic mass is 32.1. The number of rotatable bonds is 3.